The number of fused-ring (bicyclic) bond motifs is 1. The van der Waals surface area contributed by atoms with E-state index in [9.17, 15) is 14.4 Å². The van der Waals surface area contributed by atoms with Gasteiger partial charge in [-0.1, -0.05) is 66.7 Å². The Hall–Kier alpha value is -4.24. The minimum Gasteiger partial charge on any atom is -0.395 e. The number of nitrogens with zero attached hydrogens (tertiary/aromatic N) is 2. The number of hydrogen-bond donors (Lipinski definition) is 3. The van der Waals surface area contributed by atoms with Crippen LogP contribution in [-0.2, 0) is 11.3 Å². The zero-order valence-corrected chi connectivity index (χ0v) is 18.3. The standard InChI is InChI=1S/C24H21N5O3S/c25-20-21(23(26)31)28-33-22(20)24(32)29(14-19(30)27-13-15-7-2-1-3-8-15)18-12-6-10-16-9-4-5-11-17(16)18/h1-12H,13-14,25H2,(H2,26,31)(H,27,30). The number of nitrogens with two attached hydrogens (primary N) is 2. The van der Waals surface area contributed by atoms with E-state index in [0.29, 0.717) is 12.2 Å². The molecular weight excluding hydrogens is 438 g/mol. The Morgan fingerprint density at radius 3 is 2.36 bits per heavy atom. The van der Waals surface area contributed by atoms with Gasteiger partial charge in [0.05, 0.1) is 11.4 Å². The monoisotopic (exact) mass is 459 g/mol. The summed E-state index contributed by atoms with van der Waals surface area (Å²) in [6.45, 7) is 0.0781. The maximum atomic E-state index is 13.5. The summed E-state index contributed by atoms with van der Waals surface area (Å²) in [4.78, 5) is 39.3. The number of primary amides is 1. The number of carbonyl (C=O) groups excluding carboxylic acids is 3. The maximum Gasteiger partial charge on any atom is 0.272 e. The average Bonchev–Trinajstić information content (AvgIpc) is 3.22. The van der Waals surface area contributed by atoms with Crippen LogP contribution in [0.2, 0.25) is 0 Å². The third-order valence-electron chi connectivity index (χ3n) is 5.09. The highest BCUT2D eigenvalue weighted by atomic mass is 32.1. The van der Waals surface area contributed by atoms with E-state index in [1.165, 1.54) is 4.90 Å². The normalized spacial score (nSPS) is 10.7. The van der Waals surface area contributed by atoms with Crippen LogP contribution in [-0.4, -0.2) is 28.6 Å². The molecule has 0 aliphatic rings. The van der Waals surface area contributed by atoms with Crippen LogP contribution >= 0.6 is 11.5 Å². The number of nitrogens with one attached hydrogen (secondary N) is 1. The lowest BCUT2D eigenvalue weighted by Gasteiger charge is -2.23. The first-order chi connectivity index (χ1) is 16.0. The van der Waals surface area contributed by atoms with E-state index in [-0.39, 0.29) is 28.7 Å². The molecule has 0 aliphatic carbocycles. The van der Waals surface area contributed by atoms with E-state index in [2.05, 4.69) is 9.69 Å². The Balaban J connectivity index is 1.68. The second-order valence-corrected chi connectivity index (χ2v) is 8.06. The third-order valence-corrected chi connectivity index (χ3v) is 5.94. The van der Waals surface area contributed by atoms with Crippen molar-refractivity contribution in [2.24, 2.45) is 5.73 Å². The Morgan fingerprint density at radius 2 is 1.64 bits per heavy atom. The quantitative estimate of drug-likeness (QED) is 0.391. The van der Waals surface area contributed by atoms with Crippen LogP contribution in [0.4, 0.5) is 11.4 Å². The van der Waals surface area contributed by atoms with Gasteiger partial charge in [-0.05, 0) is 28.5 Å². The molecule has 8 nitrogen and oxygen atoms in total. The highest BCUT2D eigenvalue weighted by molar-refractivity contribution is 7.09. The average molecular weight is 460 g/mol. The number of aromatic nitrogens is 1. The molecule has 0 radical (unpaired) electrons. The molecule has 33 heavy (non-hydrogen) atoms. The third kappa shape index (κ3) is 4.68. The summed E-state index contributed by atoms with van der Waals surface area (Å²) in [5, 5.41) is 4.54. The van der Waals surface area contributed by atoms with Crippen molar-refractivity contribution in [3.63, 3.8) is 0 Å². The van der Waals surface area contributed by atoms with E-state index >= 15 is 0 Å². The van der Waals surface area contributed by atoms with Gasteiger partial charge in [0.2, 0.25) is 5.91 Å². The number of benzene rings is 3. The SMILES string of the molecule is NC(=O)c1nsc(C(=O)N(CC(=O)NCc2ccccc2)c2cccc3ccccc23)c1N. The fraction of sp³-hybridized carbons (Fsp3) is 0.0833. The molecule has 1 aromatic heterocycles. The summed E-state index contributed by atoms with van der Waals surface area (Å²) in [5.41, 5.74) is 12.5. The summed E-state index contributed by atoms with van der Waals surface area (Å²) in [6, 6.07) is 22.5. The molecule has 0 aliphatic heterocycles. The predicted molar refractivity (Wildman–Crippen MR) is 129 cm³/mol. The Morgan fingerprint density at radius 1 is 0.939 bits per heavy atom. The predicted octanol–water partition coefficient (Wildman–Crippen LogP) is 2.94. The van der Waals surface area contributed by atoms with Crippen LogP contribution in [0.3, 0.4) is 0 Å². The number of anilines is 2. The molecule has 9 heteroatoms. The van der Waals surface area contributed by atoms with Crippen molar-refractivity contribution in [1.29, 1.82) is 0 Å². The first kappa shape index (κ1) is 22.0. The molecule has 0 unspecified atom stereocenters. The lowest BCUT2D eigenvalue weighted by molar-refractivity contribution is -0.119. The largest absolute Gasteiger partial charge is 0.395 e. The van der Waals surface area contributed by atoms with E-state index in [1.807, 2.05) is 66.7 Å². The molecule has 5 N–H and O–H groups in total. The molecule has 0 spiro atoms. The summed E-state index contributed by atoms with van der Waals surface area (Å²) in [7, 11) is 0. The first-order valence-corrected chi connectivity index (χ1v) is 10.9. The van der Waals surface area contributed by atoms with Gasteiger partial charge in [-0.3, -0.25) is 19.3 Å². The molecular formula is C24H21N5O3S. The smallest absolute Gasteiger partial charge is 0.272 e. The van der Waals surface area contributed by atoms with Crippen molar-refractivity contribution in [1.82, 2.24) is 9.69 Å². The van der Waals surface area contributed by atoms with E-state index in [4.69, 9.17) is 11.5 Å². The second kappa shape index (κ2) is 9.49. The number of hydrogen-bond acceptors (Lipinski definition) is 6. The summed E-state index contributed by atoms with van der Waals surface area (Å²) in [5.74, 6) is -1.71. The van der Waals surface area contributed by atoms with Gasteiger partial charge in [-0.15, -0.1) is 0 Å². The molecule has 166 valence electrons. The molecule has 1 heterocycles. The lowest BCUT2D eigenvalue weighted by atomic mass is 10.1. The summed E-state index contributed by atoms with van der Waals surface area (Å²) < 4.78 is 3.92. The number of amides is 3. The summed E-state index contributed by atoms with van der Waals surface area (Å²) in [6.07, 6.45) is 0. The van der Waals surface area contributed by atoms with Crippen LogP contribution in [0.25, 0.3) is 10.8 Å². The van der Waals surface area contributed by atoms with Gasteiger partial charge in [0.25, 0.3) is 11.8 Å². The Bertz CT molecular complexity index is 1330. The van der Waals surface area contributed by atoms with Crippen LogP contribution in [0.15, 0.2) is 72.8 Å². The van der Waals surface area contributed by atoms with Gasteiger partial charge in [-0.25, -0.2) is 0 Å². The second-order valence-electron chi connectivity index (χ2n) is 7.29. The highest BCUT2D eigenvalue weighted by Crippen LogP contribution is 2.30. The summed E-state index contributed by atoms with van der Waals surface area (Å²) >= 11 is 0.780. The van der Waals surface area contributed by atoms with Crippen LogP contribution in [0, 0.1) is 0 Å². The van der Waals surface area contributed by atoms with Crippen molar-refractivity contribution < 1.29 is 14.4 Å². The number of nitrogen functional groups attached to an aromatic ring is 1. The minimum absolute atomic E-state index is 0.0487. The van der Waals surface area contributed by atoms with E-state index < -0.39 is 11.8 Å². The van der Waals surface area contributed by atoms with Gasteiger partial charge in [0.1, 0.15) is 11.4 Å². The maximum absolute atomic E-state index is 13.5. The van der Waals surface area contributed by atoms with Gasteiger partial charge < -0.3 is 16.8 Å². The molecule has 4 rings (SSSR count). The van der Waals surface area contributed by atoms with Crippen molar-refractivity contribution in [3.8, 4) is 0 Å². The fourth-order valence-electron chi connectivity index (χ4n) is 3.46. The Labute approximate surface area is 194 Å². The topological polar surface area (TPSA) is 131 Å². The highest BCUT2D eigenvalue weighted by Gasteiger charge is 2.28. The van der Waals surface area contributed by atoms with Gasteiger partial charge in [-0.2, -0.15) is 4.37 Å². The van der Waals surface area contributed by atoms with Crippen molar-refractivity contribution >= 4 is 51.4 Å². The molecule has 3 aromatic carbocycles. The number of carbonyl (C=O) groups is 3. The lowest BCUT2D eigenvalue weighted by Crippen LogP contribution is -2.40. The van der Waals surface area contributed by atoms with Gasteiger partial charge in [0.15, 0.2) is 5.69 Å². The zero-order valence-electron chi connectivity index (χ0n) is 17.5. The van der Waals surface area contributed by atoms with E-state index in [1.54, 1.807) is 6.07 Å². The molecule has 0 saturated heterocycles. The fourth-order valence-corrected chi connectivity index (χ4v) is 4.21. The minimum atomic E-state index is -0.819. The van der Waals surface area contributed by atoms with Crippen molar-refractivity contribution in [3.05, 3.63) is 88.9 Å². The van der Waals surface area contributed by atoms with Crippen LogP contribution < -0.4 is 21.7 Å². The van der Waals surface area contributed by atoms with E-state index in [0.717, 1.165) is 27.9 Å². The van der Waals surface area contributed by atoms with Crippen LogP contribution in [0.5, 0.6) is 0 Å². The molecule has 3 amide bonds. The molecule has 0 fully saturated rings. The molecule has 4 aromatic rings. The molecule has 0 saturated carbocycles. The van der Waals surface area contributed by atoms with Crippen LogP contribution in [0.1, 0.15) is 25.7 Å². The van der Waals surface area contributed by atoms with Crippen molar-refractivity contribution in [2.75, 3.05) is 17.2 Å². The number of rotatable bonds is 7. The van der Waals surface area contributed by atoms with Gasteiger partial charge >= 0.3 is 0 Å². The first-order valence-electron chi connectivity index (χ1n) is 10.1. The molecule has 0 bridgehead atoms. The van der Waals surface area contributed by atoms with Crippen molar-refractivity contribution in [2.45, 2.75) is 6.54 Å². The molecule has 0 atom stereocenters. The Kier molecular flexibility index (Phi) is 6.32. The van der Waals surface area contributed by atoms with Gasteiger partial charge in [0, 0.05) is 11.9 Å². The zero-order chi connectivity index (χ0) is 23.4.